The molecule has 2 aliphatic heterocycles. The molecule has 2 heterocycles. The summed E-state index contributed by atoms with van der Waals surface area (Å²) in [6.45, 7) is 11.0. The Balaban J connectivity index is 1.75. The van der Waals surface area contributed by atoms with Gasteiger partial charge in [0.2, 0.25) is 0 Å². The standard InChI is InChI=1S/C17H32N4O3/c1-17(2,3)24-16(22)21-8-4-5-14(13-21)6-7-19-15(18)20-9-11-23-12-10-20/h14H,4-13H2,1-3H3,(H2,18,19). The van der Waals surface area contributed by atoms with Crippen LogP contribution in [0.5, 0.6) is 0 Å². The summed E-state index contributed by atoms with van der Waals surface area (Å²) in [5, 5.41) is 0. The fraction of sp³-hybridized carbons (Fsp3) is 0.882. The molecular formula is C17H32N4O3. The molecule has 1 unspecified atom stereocenters. The lowest BCUT2D eigenvalue weighted by Crippen LogP contribution is -2.45. The molecule has 1 amide bonds. The monoisotopic (exact) mass is 340 g/mol. The largest absolute Gasteiger partial charge is 0.444 e. The SMILES string of the molecule is CC(C)(C)OC(=O)N1CCCC(CCN=C(N)N2CCOCC2)C1. The summed E-state index contributed by atoms with van der Waals surface area (Å²) in [4.78, 5) is 20.6. The van der Waals surface area contributed by atoms with E-state index in [1.165, 1.54) is 0 Å². The molecule has 0 aromatic carbocycles. The molecular weight excluding hydrogens is 308 g/mol. The van der Waals surface area contributed by atoms with Crippen LogP contribution in [-0.2, 0) is 9.47 Å². The van der Waals surface area contributed by atoms with Crippen LogP contribution in [0.15, 0.2) is 4.99 Å². The second-order valence-electron chi connectivity index (χ2n) is 7.56. The van der Waals surface area contributed by atoms with Gasteiger partial charge in [-0.15, -0.1) is 0 Å². The lowest BCUT2D eigenvalue weighted by Gasteiger charge is -2.34. The number of nitrogens with two attached hydrogens (primary N) is 1. The molecule has 0 radical (unpaired) electrons. The summed E-state index contributed by atoms with van der Waals surface area (Å²) in [6, 6.07) is 0. The Morgan fingerprint density at radius 2 is 1.96 bits per heavy atom. The van der Waals surface area contributed by atoms with Gasteiger partial charge in [0.25, 0.3) is 0 Å². The van der Waals surface area contributed by atoms with Crippen LogP contribution in [0.4, 0.5) is 4.79 Å². The topological polar surface area (TPSA) is 80.4 Å². The summed E-state index contributed by atoms with van der Waals surface area (Å²) in [7, 11) is 0. The predicted octanol–water partition coefficient (Wildman–Crippen LogP) is 1.67. The van der Waals surface area contributed by atoms with Crippen molar-refractivity contribution in [3.05, 3.63) is 0 Å². The Bertz CT molecular complexity index is 442. The van der Waals surface area contributed by atoms with Crippen LogP contribution in [0, 0.1) is 5.92 Å². The normalized spacial score (nSPS) is 23.3. The van der Waals surface area contributed by atoms with Crippen molar-refractivity contribution < 1.29 is 14.3 Å². The fourth-order valence-corrected chi connectivity index (χ4v) is 3.05. The minimum atomic E-state index is -0.444. The van der Waals surface area contributed by atoms with Crippen molar-refractivity contribution in [2.24, 2.45) is 16.6 Å². The van der Waals surface area contributed by atoms with Crippen molar-refractivity contribution >= 4 is 12.1 Å². The van der Waals surface area contributed by atoms with Crippen LogP contribution in [-0.4, -0.2) is 73.4 Å². The maximum absolute atomic E-state index is 12.2. The first kappa shape index (κ1) is 18.8. The van der Waals surface area contributed by atoms with Crippen molar-refractivity contribution in [2.75, 3.05) is 45.9 Å². The van der Waals surface area contributed by atoms with Crippen molar-refractivity contribution in [1.82, 2.24) is 9.80 Å². The summed E-state index contributed by atoms with van der Waals surface area (Å²) >= 11 is 0. The third kappa shape index (κ3) is 6.19. The minimum Gasteiger partial charge on any atom is -0.444 e. The Hall–Kier alpha value is -1.50. The number of ether oxygens (including phenoxy) is 2. The zero-order chi connectivity index (χ0) is 17.6. The summed E-state index contributed by atoms with van der Waals surface area (Å²) in [6.07, 6.45) is 2.90. The van der Waals surface area contributed by atoms with E-state index in [0.717, 1.165) is 45.4 Å². The second-order valence-corrected chi connectivity index (χ2v) is 7.56. The van der Waals surface area contributed by atoms with Crippen molar-refractivity contribution in [3.8, 4) is 0 Å². The van der Waals surface area contributed by atoms with Gasteiger partial charge in [0.05, 0.1) is 13.2 Å². The lowest BCUT2D eigenvalue weighted by molar-refractivity contribution is 0.0163. The number of carbonyl (C=O) groups is 1. The maximum atomic E-state index is 12.2. The summed E-state index contributed by atoms with van der Waals surface area (Å²) in [5.74, 6) is 1.07. The Labute approximate surface area is 145 Å². The Morgan fingerprint density at radius 3 is 2.62 bits per heavy atom. The van der Waals surface area contributed by atoms with E-state index in [0.29, 0.717) is 31.6 Å². The molecule has 0 aromatic heterocycles. The van der Waals surface area contributed by atoms with Gasteiger partial charge in [-0.3, -0.25) is 4.99 Å². The number of piperidine rings is 1. The third-order valence-electron chi connectivity index (χ3n) is 4.32. The number of likely N-dealkylation sites (tertiary alicyclic amines) is 1. The maximum Gasteiger partial charge on any atom is 0.410 e. The number of carbonyl (C=O) groups excluding carboxylic acids is 1. The third-order valence-corrected chi connectivity index (χ3v) is 4.32. The molecule has 0 saturated carbocycles. The summed E-state index contributed by atoms with van der Waals surface area (Å²) in [5.41, 5.74) is 5.60. The number of hydrogen-bond donors (Lipinski definition) is 1. The first-order valence-electron chi connectivity index (χ1n) is 8.96. The number of morpholine rings is 1. The number of rotatable bonds is 3. The van der Waals surface area contributed by atoms with Crippen LogP contribution in [0.3, 0.4) is 0 Å². The van der Waals surface area contributed by atoms with Crippen LogP contribution >= 0.6 is 0 Å². The highest BCUT2D eigenvalue weighted by Crippen LogP contribution is 2.21. The average Bonchev–Trinajstić information content (AvgIpc) is 2.54. The molecule has 1 atom stereocenters. The molecule has 0 bridgehead atoms. The van der Waals surface area contributed by atoms with Gasteiger partial charge in [0, 0.05) is 32.7 Å². The van der Waals surface area contributed by atoms with E-state index in [-0.39, 0.29) is 6.09 Å². The molecule has 7 heteroatoms. The van der Waals surface area contributed by atoms with Gasteiger partial charge in [0.15, 0.2) is 5.96 Å². The van der Waals surface area contributed by atoms with E-state index in [9.17, 15) is 4.79 Å². The molecule has 0 aliphatic carbocycles. The van der Waals surface area contributed by atoms with Gasteiger partial charge in [-0.25, -0.2) is 4.79 Å². The molecule has 138 valence electrons. The van der Waals surface area contributed by atoms with Crippen LogP contribution in [0.2, 0.25) is 0 Å². The molecule has 2 fully saturated rings. The first-order chi connectivity index (χ1) is 11.3. The molecule has 7 nitrogen and oxygen atoms in total. The van der Waals surface area contributed by atoms with Crippen molar-refractivity contribution in [2.45, 2.75) is 45.6 Å². The highest BCUT2D eigenvalue weighted by molar-refractivity contribution is 5.78. The molecule has 24 heavy (non-hydrogen) atoms. The van der Waals surface area contributed by atoms with Crippen molar-refractivity contribution in [3.63, 3.8) is 0 Å². The number of nitrogens with zero attached hydrogens (tertiary/aromatic N) is 3. The average molecular weight is 340 g/mol. The number of aliphatic imine (C=N–C) groups is 1. The van der Waals surface area contributed by atoms with Gasteiger partial charge in [-0.2, -0.15) is 0 Å². The smallest absolute Gasteiger partial charge is 0.410 e. The minimum absolute atomic E-state index is 0.205. The molecule has 2 rings (SSSR count). The molecule has 2 saturated heterocycles. The van der Waals surface area contributed by atoms with E-state index >= 15 is 0 Å². The van der Waals surface area contributed by atoms with E-state index < -0.39 is 5.60 Å². The fourth-order valence-electron chi connectivity index (χ4n) is 3.05. The Morgan fingerprint density at radius 1 is 1.25 bits per heavy atom. The van der Waals surface area contributed by atoms with Crippen LogP contribution in [0.25, 0.3) is 0 Å². The zero-order valence-corrected chi connectivity index (χ0v) is 15.3. The van der Waals surface area contributed by atoms with E-state index in [2.05, 4.69) is 9.89 Å². The lowest BCUT2D eigenvalue weighted by atomic mass is 9.95. The highest BCUT2D eigenvalue weighted by atomic mass is 16.6. The second kappa shape index (κ2) is 8.55. The van der Waals surface area contributed by atoms with Gasteiger partial charge in [-0.1, -0.05) is 0 Å². The molecule has 2 aliphatic rings. The summed E-state index contributed by atoms with van der Waals surface area (Å²) < 4.78 is 10.8. The number of amides is 1. The molecule has 0 spiro atoms. The van der Waals surface area contributed by atoms with E-state index in [1.807, 2.05) is 25.7 Å². The zero-order valence-electron chi connectivity index (χ0n) is 15.3. The predicted molar refractivity (Wildman–Crippen MR) is 94.0 cm³/mol. The number of hydrogen-bond acceptors (Lipinski definition) is 4. The molecule has 0 aromatic rings. The van der Waals surface area contributed by atoms with Crippen molar-refractivity contribution in [1.29, 1.82) is 0 Å². The number of guanidine groups is 1. The quantitative estimate of drug-likeness (QED) is 0.624. The highest BCUT2D eigenvalue weighted by Gasteiger charge is 2.27. The molecule has 2 N–H and O–H groups in total. The van der Waals surface area contributed by atoms with Crippen LogP contribution < -0.4 is 5.73 Å². The van der Waals surface area contributed by atoms with Gasteiger partial charge >= 0.3 is 6.09 Å². The van der Waals surface area contributed by atoms with Gasteiger partial charge < -0.3 is 25.0 Å². The first-order valence-corrected chi connectivity index (χ1v) is 8.96. The van der Waals surface area contributed by atoms with Crippen LogP contribution in [0.1, 0.15) is 40.0 Å². The van der Waals surface area contributed by atoms with E-state index in [4.69, 9.17) is 15.2 Å². The van der Waals surface area contributed by atoms with Gasteiger partial charge in [-0.05, 0) is 46.0 Å². The Kier molecular flexibility index (Phi) is 6.71. The van der Waals surface area contributed by atoms with E-state index in [1.54, 1.807) is 0 Å². The van der Waals surface area contributed by atoms with Gasteiger partial charge in [0.1, 0.15) is 5.60 Å².